The van der Waals surface area contributed by atoms with Crippen LogP contribution >= 0.6 is 0 Å². The Kier molecular flexibility index (Phi) is 49.5. The molecular formula is C85H150N4O41. The molecular weight excluding hydrogens is 1730 g/mol. The molecule has 0 aromatic rings. The molecule has 756 valence electrons. The van der Waals surface area contributed by atoms with Crippen LogP contribution in [-0.4, -0.2) is 427 Å². The van der Waals surface area contributed by atoms with Crippen molar-refractivity contribution < 1.29 is 203 Å². The Morgan fingerprint density at radius 2 is 0.785 bits per heavy atom. The van der Waals surface area contributed by atoms with Gasteiger partial charge in [0.2, 0.25) is 23.6 Å². The van der Waals surface area contributed by atoms with Crippen LogP contribution in [0.3, 0.4) is 0 Å². The molecule has 0 aromatic carbocycles. The van der Waals surface area contributed by atoms with Crippen LogP contribution in [0.1, 0.15) is 208 Å². The number of allylic oxidation sites excluding steroid dienone is 1. The molecule has 14 unspecified atom stereocenters. The number of carboxylic acids is 1. The van der Waals surface area contributed by atoms with Crippen molar-refractivity contribution in [2.75, 3.05) is 52.9 Å². The van der Waals surface area contributed by atoms with Crippen molar-refractivity contribution in [2.45, 2.75) is 440 Å². The first-order valence-electron chi connectivity index (χ1n) is 46.1. The Hall–Kier alpha value is -4.31. The van der Waals surface area contributed by atoms with Gasteiger partial charge in [0.25, 0.3) is 5.79 Å². The molecule has 45 nitrogen and oxygen atoms in total. The van der Waals surface area contributed by atoms with Gasteiger partial charge in [-0.15, -0.1) is 0 Å². The van der Waals surface area contributed by atoms with Crippen molar-refractivity contribution in [2.24, 2.45) is 0 Å². The molecule has 4 amide bonds. The van der Waals surface area contributed by atoms with Gasteiger partial charge in [-0.1, -0.05) is 167 Å². The average molecular weight is 1880 g/mol. The van der Waals surface area contributed by atoms with Crippen LogP contribution in [0.4, 0.5) is 0 Å². The van der Waals surface area contributed by atoms with E-state index in [-0.39, 0.29) is 6.42 Å². The molecule has 7 fully saturated rings. The van der Waals surface area contributed by atoms with E-state index in [1.807, 2.05) is 0 Å². The lowest BCUT2D eigenvalue weighted by Crippen LogP contribution is -2.72. The summed E-state index contributed by atoms with van der Waals surface area (Å²) in [4.78, 5) is 66.8. The quantitative estimate of drug-likeness (QED) is 0.0199. The zero-order valence-electron chi connectivity index (χ0n) is 74.9. The molecule has 38 atom stereocenters. The van der Waals surface area contributed by atoms with Crippen LogP contribution in [0.2, 0.25) is 0 Å². The standard InChI is InChI=1S/C85H150N4O41/c1-6-8-10-12-14-16-18-20-22-24-26-28-30-32-47(100)46(89-56(103)33-31-29-27-25-23-21-19-17-15-13-11-9-7-2)42-117-80-68(112)66(110)72(54(40-95)122-80)125-83-70(114)77(130-85(84(115)116)34-48(101)57(86-43(3)97)75(129-85)60(104)49(102)35-90)73(55(41-96)123-83)126-79-59(88-45(5)99)74(62(106)51(37-92)118-79)127-82-69(113)76(63(107)52(38-93)120-82)128-78-58(87-44(4)98)64(108)71(53(39-94)121-78)124-81-67(111)65(109)61(105)50(36-91)119-81/h30,32,46-55,57-83,90-96,100-102,104-114H,6-29,31,33-42H2,1-5H3,(H,86,97)(H,87,98)(H,88,99)(H,89,103)(H,115,116)/b32-30+/t46-,47+,48?,49+,50?,51?,52?,53?,54?,55?,57+,58?,59?,60+,61-,62-,63-,64+,65-,66+,67?,68?,69?,70?,71+,72+,73-,74+,75?,76-,77+,78-,79-,80+,81-,82-,83-,85-/m0/s1. The van der Waals surface area contributed by atoms with Gasteiger partial charge in [0.15, 0.2) is 37.7 Å². The molecule has 7 saturated heterocycles. The van der Waals surface area contributed by atoms with Gasteiger partial charge < -0.3 is 200 Å². The van der Waals surface area contributed by atoms with Crippen LogP contribution in [-0.2, 0) is 90.3 Å². The van der Waals surface area contributed by atoms with E-state index < -0.39 is 321 Å². The molecule has 7 rings (SSSR count). The number of carbonyl (C=O) groups excluding carboxylic acids is 4. The fourth-order valence-corrected chi connectivity index (χ4v) is 17.3. The number of aliphatic hydroxyl groups excluding tert-OH is 21. The Labute approximate surface area is 756 Å². The summed E-state index contributed by atoms with van der Waals surface area (Å²) in [6, 6.07) is -7.01. The Bertz CT molecular complexity index is 3260. The average Bonchev–Trinajstić information content (AvgIpc) is 0.742. The summed E-state index contributed by atoms with van der Waals surface area (Å²) in [6.07, 6.45) is -41.0. The van der Waals surface area contributed by atoms with Crippen molar-refractivity contribution in [1.82, 2.24) is 21.3 Å². The summed E-state index contributed by atoms with van der Waals surface area (Å²) in [5.41, 5.74) is 0. The molecule has 7 aliphatic heterocycles. The van der Waals surface area contributed by atoms with Gasteiger partial charge >= 0.3 is 5.97 Å². The van der Waals surface area contributed by atoms with Crippen LogP contribution in [0, 0.1) is 0 Å². The highest BCUT2D eigenvalue weighted by Gasteiger charge is 2.63. The summed E-state index contributed by atoms with van der Waals surface area (Å²) in [6.45, 7) is -1.48. The third-order valence-corrected chi connectivity index (χ3v) is 24.7. The van der Waals surface area contributed by atoms with Crippen molar-refractivity contribution in [3.05, 3.63) is 12.2 Å². The zero-order valence-corrected chi connectivity index (χ0v) is 74.9. The number of rotatable bonds is 57. The Morgan fingerprint density at radius 1 is 0.400 bits per heavy atom. The van der Waals surface area contributed by atoms with E-state index in [4.69, 9.17) is 66.3 Å². The van der Waals surface area contributed by atoms with Gasteiger partial charge in [-0.05, 0) is 19.3 Å². The first kappa shape index (κ1) is 113. The van der Waals surface area contributed by atoms with Crippen molar-refractivity contribution in [1.29, 1.82) is 0 Å². The summed E-state index contributed by atoms with van der Waals surface area (Å²) >= 11 is 0. The number of carboxylic acid groups (broad SMARTS) is 1. The minimum absolute atomic E-state index is 0.0970. The highest BCUT2D eigenvalue weighted by Crippen LogP contribution is 2.43. The molecule has 130 heavy (non-hydrogen) atoms. The molecule has 26 N–H and O–H groups in total. The topological polar surface area (TPSA) is 708 Å². The normalized spacial score (nSPS) is 37.7. The van der Waals surface area contributed by atoms with Crippen molar-refractivity contribution >= 4 is 29.6 Å². The summed E-state index contributed by atoms with van der Waals surface area (Å²) < 4.78 is 84.5. The summed E-state index contributed by atoms with van der Waals surface area (Å²) in [5.74, 6) is -8.99. The maximum absolute atomic E-state index is 14.1. The Morgan fingerprint density at radius 3 is 1.28 bits per heavy atom. The maximum Gasteiger partial charge on any atom is 0.364 e. The van der Waals surface area contributed by atoms with Gasteiger partial charge in [-0.2, -0.15) is 0 Å². The number of aliphatic carboxylic acids is 1. The second-order valence-electron chi connectivity index (χ2n) is 34.9. The van der Waals surface area contributed by atoms with Crippen molar-refractivity contribution in [3.63, 3.8) is 0 Å². The second kappa shape index (κ2) is 57.2. The fraction of sp³-hybridized carbons (Fsp3) is 0.918. The maximum atomic E-state index is 14.1. The van der Waals surface area contributed by atoms with E-state index in [0.29, 0.717) is 12.8 Å². The minimum atomic E-state index is -3.49. The number of hydrogen-bond acceptors (Lipinski definition) is 40. The third kappa shape index (κ3) is 31.9. The van der Waals surface area contributed by atoms with Gasteiger partial charge in [-0.25, -0.2) is 4.79 Å². The first-order chi connectivity index (χ1) is 62.1. The van der Waals surface area contributed by atoms with E-state index in [0.717, 1.165) is 85.0 Å². The van der Waals surface area contributed by atoms with Crippen molar-refractivity contribution in [3.8, 4) is 0 Å². The molecule has 0 bridgehead atoms. The molecule has 7 heterocycles. The monoisotopic (exact) mass is 1880 g/mol. The van der Waals surface area contributed by atoms with Gasteiger partial charge in [-0.3, -0.25) is 19.2 Å². The number of ether oxygens (including phenoxy) is 14. The minimum Gasteiger partial charge on any atom is -0.477 e. The number of aliphatic hydroxyl groups is 21. The third-order valence-electron chi connectivity index (χ3n) is 24.7. The van der Waals surface area contributed by atoms with Gasteiger partial charge in [0.1, 0.15) is 165 Å². The molecule has 0 aromatic heterocycles. The van der Waals surface area contributed by atoms with Crippen LogP contribution in [0.15, 0.2) is 12.2 Å². The molecule has 0 radical (unpaired) electrons. The summed E-state index contributed by atoms with van der Waals surface area (Å²) in [5, 5.41) is 259. The number of unbranched alkanes of at least 4 members (excludes halogenated alkanes) is 23. The van der Waals surface area contributed by atoms with E-state index in [1.54, 1.807) is 6.08 Å². The number of hydrogen-bond donors (Lipinski definition) is 26. The molecule has 0 saturated carbocycles. The lowest BCUT2D eigenvalue weighted by Gasteiger charge is -2.53. The molecule has 45 heteroatoms. The molecule has 0 aliphatic carbocycles. The first-order valence-corrected chi connectivity index (χ1v) is 46.1. The van der Waals surface area contributed by atoms with Gasteiger partial charge in [0.05, 0.1) is 77.1 Å². The van der Waals surface area contributed by atoms with E-state index in [1.165, 1.54) is 89.5 Å². The number of carbonyl (C=O) groups is 5. The van der Waals surface area contributed by atoms with Crippen LogP contribution < -0.4 is 21.3 Å². The highest BCUT2D eigenvalue weighted by molar-refractivity contribution is 5.77. The SMILES string of the molecule is CCCCCCCCCCCCC/C=C/[C@@H](O)[C@H](CO[C@@H]1OC(CO)[C@@H](O[C@@H]2OC(CO)[C@H](O[C@@H]3OC(CO)[C@H](O)[C@H](O[C@@H]4OC(CO)[C@H](O)[C@H](O[C@@H]5OC(CO)[C@@H](O[C@@H]6OC(CO)[C@H](O)[C@H](O)C6O)[C@H](O)C5NC(C)=O)C4O)C3NC(C)=O)[C@H](O[C@]3(C(=O)O)CC(O)[C@@H](NC(C)=O)C([C@H](O)[C@H](O)CO)O3)C2O)[C@H](O)C1O)NC(=O)CCCCCCCCCCCCCCC. The smallest absolute Gasteiger partial charge is 0.364 e. The lowest BCUT2D eigenvalue weighted by atomic mass is 9.88. The summed E-state index contributed by atoms with van der Waals surface area (Å²) in [7, 11) is 0. The van der Waals surface area contributed by atoms with Crippen LogP contribution in [0.5, 0.6) is 0 Å². The molecule has 0 spiro atoms. The van der Waals surface area contributed by atoms with E-state index >= 15 is 0 Å². The highest BCUT2D eigenvalue weighted by atomic mass is 16.8. The fourth-order valence-electron chi connectivity index (χ4n) is 17.3. The lowest BCUT2D eigenvalue weighted by molar-refractivity contribution is -0.404. The second-order valence-corrected chi connectivity index (χ2v) is 34.9. The van der Waals surface area contributed by atoms with E-state index in [9.17, 15) is 136 Å². The largest absolute Gasteiger partial charge is 0.477 e. The predicted molar refractivity (Wildman–Crippen MR) is 446 cm³/mol. The van der Waals surface area contributed by atoms with Crippen LogP contribution in [0.25, 0.3) is 0 Å². The molecule has 7 aliphatic rings. The zero-order chi connectivity index (χ0) is 95.6. The van der Waals surface area contributed by atoms with E-state index in [2.05, 4.69) is 35.1 Å². The predicted octanol–water partition coefficient (Wildman–Crippen LogP) is -6.03. The number of nitrogens with one attached hydrogen (secondary N) is 4. The van der Waals surface area contributed by atoms with Gasteiger partial charge in [0, 0.05) is 33.6 Å². The Balaban J connectivity index is 1.16. The number of amides is 4.